The van der Waals surface area contributed by atoms with Crippen LogP contribution in [0.1, 0.15) is 51.5 Å². The van der Waals surface area contributed by atoms with Gasteiger partial charge >= 0.3 is 0 Å². The zero-order chi connectivity index (χ0) is 10.2. The fourth-order valence-electron chi connectivity index (χ4n) is 1.89. The zero-order valence-electron chi connectivity index (χ0n) is 9.46. The molecule has 0 aliphatic heterocycles. The van der Waals surface area contributed by atoms with Gasteiger partial charge in [0.1, 0.15) is 0 Å². The number of pyridine rings is 1. The lowest BCUT2D eigenvalue weighted by atomic mass is 9.80. The van der Waals surface area contributed by atoms with Gasteiger partial charge in [-0.2, -0.15) is 0 Å². The maximum atomic E-state index is 2.32. The second-order valence-corrected chi connectivity index (χ2v) is 5.34. The Kier molecular flexibility index (Phi) is 2.34. The van der Waals surface area contributed by atoms with Crippen LogP contribution < -0.4 is 4.57 Å². The van der Waals surface area contributed by atoms with E-state index in [4.69, 9.17) is 0 Å². The van der Waals surface area contributed by atoms with E-state index in [9.17, 15) is 0 Å². The van der Waals surface area contributed by atoms with E-state index in [1.54, 1.807) is 0 Å². The van der Waals surface area contributed by atoms with E-state index < -0.39 is 0 Å². The summed E-state index contributed by atoms with van der Waals surface area (Å²) in [4.78, 5) is 0. The molecular formula is C13H20N+. The minimum absolute atomic E-state index is 0.208. The molecule has 0 amide bonds. The molecule has 0 bridgehead atoms. The Bertz CT molecular complexity index is 318. The molecule has 1 aliphatic rings. The molecule has 0 radical (unpaired) electrons. The van der Waals surface area contributed by atoms with Crippen LogP contribution in [0.5, 0.6) is 0 Å². The lowest BCUT2D eigenvalue weighted by Crippen LogP contribution is -2.49. The van der Waals surface area contributed by atoms with Crippen LogP contribution >= 0.6 is 0 Å². The monoisotopic (exact) mass is 190 g/mol. The third-order valence-corrected chi connectivity index (χ3v) is 3.17. The Morgan fingerprint density at radius 1 is 1.29 bits per heavy atom. The third kappa shape index (κ3) is 1.82. The van der Waals surface area contributed by atoms with Crippen molar-refractivity contribution in [1.29, 1.82) is 0 Å². The Morgan fingerprint density at radius 3 is 2.50 bits per heavy atom. The number of hydrogen-bond donors (Lipinski definition) is 0. The summed E-state index contributed by atoms with van der Waals surface area (Å²) in [5, 5.41) is 0. The summed E-state index contributed by atoms with van der Waals surface area (Å²) < 4.78 is 2.32. The van der Waals surface area contributed by atoms with Crippen LogP contribution in [-0.4, -0.2) is 0 Å². The normalized spacial score (nSPS) is 17.9. The predicted molar refractivity (Wildman–Crippen MR) is 58.2 cm³/mol. The zero-order valence-corrected chi connectivity index (χ0v) is 9.46. The van der Waals surface area contributed by atoms with E-state index in [0.29, 0.717) is 0 Å². The summed E-state index contributed by atoms with van der Waals surface area (Å²) in [6, 6.07) is 4.45. The SMILES string of the molecule is CC(C)(C)[n+]1cccc(C2CCC2)c1. The van der Waals surface area contributed by atoms with Crippen LogP contribution in [0.15, 0.2) is 24.5 Å². The van der Waals surface area contributed by atoms with E-state index in [-0.39, 0.29) is 5.54 Å². The molecule has 0 atom stereocenters. The molecule has 1 aromatic rings. The highest BCUT2D eigenvalue weighted by Crippen LogP contribution is 2.35. The van der Waals surface area contributed by atoms with Gasteiger partial charge in [0, 0.05) is 32.4 Å². The largest absolute Gasteiger partial charge is 0.200 e. The first kappa shape index (κ1) is 9.70. The molecule has 1 heteroatoms. The highest BCUT2D eigenvalue weighted by molar-refractivity contribution is 5.14. The van der Waals surface area contributed by atoms with Gasteiger partial charge in [-0.25, -0.2) is 4.57 Å². The predicted octanol–water partition coefficient (Wildman–Crippen LogP) is 3.00. The van der Waals surface area contributed by atoms with Gasteiger partial charge in [0.25, 0.3) is 0 Å². The van der Waals surface area contributed by atoms with Crippen molar-refractivity contribution < 1.29 is 4.57 Å². The highest BCUT2D eigenvalue weighted by atomic mass is 15.0. The van der Waals surface area contributed by atoms with E-state index >= 15 is 0 Å². The Morgan fingerprint density at radius 2 is 2.00 bits per heavy atom. The molecule has 0 saturated heterocycles. The van der Waals surface area contributed by atoms with E-state index in [1.807, 2.05) is 0 Å². The number of nitrogens with zero attached hydrogens (tertiary/aromatic N) is 1. The van der Waals surface area contributed by atoms with Gasteiger partial charge in [-0.3, -0.25) is 0 Å². The standard InChI is InChI=1S/C13H20N/c1-13(2,3)14-9-5-8-12(10-14)11-6-4-7-11/h5,8-11H,4,6-7H2,1-3H3/q+1. The van der Waals surface area contributed by atoms with Crippen LogP contribution in [0, 0.1) is 0 Å². The first-order valence-electron chi connectivity index (χ1n) is 5.59. The van der Waals surface area contributed by atoms with E-state index in [1.165, 1.54) is 24.8 Å². The molecular weight excluding hydrogens is 170 g/mol. The number of hydrogen-bond acceptors (Lipinski definition) is 0. The number of aromatic nitrogens is 1. The summed E-state index contributed by atoms with van der Waals surface area (Å²) in [6.45, 7) is 6.74. The molecule has 0 N–H and O–H groups in total. The average molecular weight is 190 g/mol. The summed E-state index contributed by atoms with van der Waals surface area (Å²) in [5.41, 5.74) is 1.73. The molecule has 76 valence electrons. The van der Waals surface area contributed by atoms with Crippen molar-refractivity contribution in [3.8, 4) is 0 Å². The minimum atomic E-state index is 0.208. The first-order valence-corrected chi connectivity index (χ1v) is 5.59. The lowest BCUT2D eigenvalue weighted by Gasteiger charge is -2.25. The minimum Gasteiger partial charge on any atom is -0.200 e. The van der Waals surface area contributed by atoms with Gasteiger partial charge in [0.05, 0.1) is 0 Å². The Labute approximate surface area is 86.8 Å². The van der Waals surface area contributed by atoms with Crippen molar-refractivity contribution in [2.75, 3.05) is 0 Å². The van der Waals surface area contributed by atoms with Gasteiger partial charge in [0.15, 0.2) is 17.9 Å². The molecule has 1 saturated carbocycles. The molecule has 1 nitrogen and oxygen atoms in total. The van der Waals surface area contributed by atoms with Crippen LogP contribution in [0.2, 0.25) is 0 Å². The topological polar surface area (TPSA) is 3.88 Å². The molecule has 1 aromatic heterocycles. The Hall–Kier alpha value is -0.850. The van der Waals surface area contributed by atoms with E-state index in [0.717, 1.165) is 5.92 Å². The average Bonchev–Trinajstić information content (AvgIpc) is 2.00. The summed E-state index contributed by atoms with van der Waals surface area (Å²) in [7, 11) is 0. The lowest BCUT2D eigenvalue weighted by molar-refractivity contribution is -0.754. The summed E-state index contributed by atoms with van der Waals surface area (Å²) in [5.74, 6) is 0.838. The second-order valence-electron chi connectivity index (χ2n) is 5.34. The fraction of sp³-hybridized carbons (Fsp3) is 0.615. The second kappa shape index (κ2) is 3.38. The van der Waals surface area contributed by atoms with Crippen LogP contribution in [0.3, 0.4) is 0 Å². The fourth-order valence-corrected chi connectivity index (χ4v) is 1.89. The van der Waals surface area contributed by atoms with Crippen molar-refractivity contribution in [3.05, 3.63) is 30.1 Å². The van der Waals surface area contributed by atoms with Gasteiger partial charge in [0.2, 0.25) is 0 Å². The molecule has 0 spiro atoms. The maximum absolute atomic E-state index is 2.32. The maximum Gasteiger partial charge on any atom is 0.172 e. The van der Waals surface area contributed by atoms with Crippen LogP contribution in [0.25, 0.3) is 0 Å². The van der Waals surface area contributed by atoms with Gasteiger partial charge in [-0.15, -0.1) is 0 Å². The van der Waals surface area contributed by atoms with Crippen molar-refractivity contribution in [3.63, 3.8) is 0 Å². The molecule has 0 unspecified atom stereocenters. The van der Waals surface area contributed by atoms with Crippen molar-refractivity contribution in [2.45, 2.75) is 51.5 Å². The molecule has 1 fully saturated rings. The molecule has 14 heavy (non-hydrogen) atoms. The first-order chi connectivity index (χ1) is 6.57. The van der Waals surface area contributed by atoms with Crippen molar-refractivity contribution >= 4 is 0 Å². The molecule has 0 aromatic carbocycles. The highest BCUT2D eigenvalue weighted by Gasteiger charge is 2.25. The molecule has 2 rings (SSSR count). The smallest absolute Gasteiger partial charge is 0.172 e. The van der Waals surface area contributed by atoms with Gasteiger partial charge in [-0.1, -0.05) is 6.42 Å². The third-order valence-electron chi connectivity index (χ3n) is 3.17. The van der Waals surface area contributed by atoms with Gasteiger partial charge in [-0.05, 0) is 24.8 Å². The van der Waals surface area contributed by atoms with Gasteiger partial charge < -0.3 is 0 Å². The quantitative estimate of drug-likeness (QED) is 0.599. The van der Waals surface area contributed by atoms with Crippen LogP contribution in [-0.2, 0) is 5.54 Å². The molecule has 1 aliphatic carbocycles. The number of rotatable bonds is 1. The van der Waals surface area contributed by atoms with Crippen molar-refractivity contribution in [2.24, 2.45) is 0 Å². The Balaban J connectivity index is 2.26. The van der Waals surface area contributed by atoms with Crippen LogP contribution in [0.4, 0.5) is 0 Å². The van der Waals surface area contributed by atoms with E-state index in [2.05, 4.69) is 49.9 Å². The molecule has 1 heterocycles. The van der Waals surface area contributed by atoms with Crippen molar-refractivity contribution in [1.82, 2.24) is 0 Å². The summed E-state index contributed by atoms with van der Waals surface area (Å²) in [6.07, 6.45) is 8.67. The summed E-state index contributed by atoms with van der Waals surface area (Å²) >= 11 is 0.